The molecule has 1 aliphatic heterocycles. The van der Waals surface area contributed by atoms with Crippen molar-refractivity contribution in [2.45, 2.75) is 51.2 Å². The molecule has 5 nitrogen and oxygen atoms in total. The fourth-order valence-corrected chi connectivity index (χ4v) is 3.37. The Balaban J connectivity index is 2.31. The van der Waals surface area contributed by atoms with Crippen molar-refractivity contribution in [2.75, 3.05) is 6.54 Å². The number of carbonyl (C=O) groups is 2. The van der Waals surface area contributed by atoms with E-state index in [1.807, 2.05) is 24.3 Å². The molecule has 6 heteroatoms. The van der Waals surface area contributed by atoms with Gasteiger partial charge in [0.2, 0.25) is 0 Å². The Morgan fingerprint density at radius 2 is 2.09 bits per heavy atom. The summed E-state index contributed by atoms with van der Waals surface area (Å²) in [5, 5.41) is 9.85. The predicted octanol–water partition coefficient (Wildman–Crippen LogP) is 3.85. The average Bonchev–Trinajstić information content (AvgIpc) is 2.82. The molecular formula is C17H22BrNO4. The number of likely N-dealkylation sites (tertiary alicyclic amines) is 1. The second kappa shape index (κ2) is 6.51. The van der Waals surface area contributed by atoms with Crippen molar-refractivity contribution < 1.29 is 19.4 Å². The van der Waals surface area contributed by atoms with Crippen LogP contribution in [0, 0.1) is 0 Å². The van der Waals surface area contributed by atoms with Crippen molar-refractivity contribution in [1.82, 2.24) is 4.90 Å². The maximum Gasteiger partial charge on any atom is 0.411 e. The second-order valence-electron chi connectivity index (χ2n) is 6.88. The Bertz CT molecular complexity index is 611. The molecule has 0 bridgehead atoms. The topological polar surface area (TPSA) is 66.8 Å². The zero-order valence-electron chi connectivity index (χ0n) is 13.6. The number of carbonyl (C=O) groups excluding carboxylic acids is 1. The van der Waals surface area contributed by atoms with Gasteiger partial charge in [0.1, 0.15) is 11.1 Å². The summed E-state index contributed by atoms with van der Waals surface area (Å²) in [6.45, 7) is 5.72. The Hall–Kier alpha value is -1.56. The Morgan fingerprint density at radius 3 is 2.65 bits per heavy atom. The molecule has 0 aliphatic carbocycles. The summed E-state index contributed by atoms with van der Waals surface area (Å²) in [5.41, 5.74) is -1.03. The molecule has 1 aliphatic rings. The van der Waals surface area contributed by atoms with Crippen LogP contribution in [-0.4, -0.2) is 39.8 Å². The minimum Gasteiger partial charge on any atom is -0.479 e. The first-order valence-electron chi connectivity index (χ1n) is 7.62. The van der Waals surface area contributed by atoms with E-state index in [9.17, 15) is 14.7 Å². The molecule has 1 heterocycles. The highest BCUT2D eigenvalue weighted by atomic mass is 79.9. The lowest BCUT2D eigenvalue weighted by Gasteiger charge is -2.36. The average molecular weight is 384 g/mol. The Morgan fingerprint density at radius 1 is 1.39 bits per heavy atom. The summed E-state index contributed by atoms with van der Waals surface area (Å²) >= 11 is 3.40. The SMILES string of the molecule is CC(C)(C)OC(=O)N1CCCC1(Cc1cccc(Br)c1)C(=O)O. The summed E-state index contributed by atoms with van der Waals surface area (Å²) in [5.74, 6) is -0.985. The van der Waals surface area contributed by atoms with Gasteiger partial charge in [-0.2, -0.15) is 0 Å². The third-order valence-corrected chi connectivity index (χ3v) is 4.38. The zero-order valence-corrected chi connectivity index (χ0v) is 15.2. The van der Waals surface area contributed by atoms with Gasteiger partial charge in [-0.15, -0.1) is 0 Å². The number of ether oxygens (including phenoxy) is 1. The molecule has 0 aromatic heterocycles. The van der Waals surface area contributed by atoms with Gasteiger partial charge < -0.3 is 9.84 Å². The van der Waals surface area contributed by atoms with E-state index < -0.39 is 23.2 Å². The summed E-state index contributed by atoms with van der Waals surface area (Å²) in [6.07, 6.45) is 0.779. The molecule has 1 unspecified atom stereocenters. The third-order valence-electron chi connectivity index (χ3n) is 3.89. The number of aliphatic carboxylic acids is 1. The van der Waals surface area contributed by atoms with Gasteiger partial charge in [-0.3, -0.25) is 4.90 Å². The summed E-state index contributed by atoms with van der Waals surface area (Å²) < 4.78 is 6.29. The number of hydrogen-bond acceptors (Lipinski definition) is 3. The van der Waals surface area contributed by atoms with E-state index in [1.54, 1.807) is 20.8 Å². The zero-order chi connectivity index (χ0) is 17.3. The molecule has 1 amide bonds. The highest BCUT2D eigenvalue weighted by molar-refractivity contribution is 9.10. The van der Waals surface area contributed by atoms with Crippen LogP contribution in [0.4, 0.5) is 4.79 Å². The van der Waals surface area contributed by atoms with Crippen molar-refractivity contribution >= 4 is 28.0 Å². The number of nitrogens with zero attached hydrogens (tertiary/aromatic N) is 1. The van der Waals surface area contributed by atoms with E-state index in [1.165, 1.54) is 4.90 Å². The maximum atomic E-state index is 12.5. The van der Waals surface area contributed by atoms with Crippen LogP contribution in [0.1, 0.15) is 39.2 Å². The van der Waals surface area contributed by atoms with Crippen molar-refractivity contribution in [3.05, 3.63) is 34.3 Å². The first-order chi connectivity index (χ1) is 10.6. The maximum absolute atomic E-state index is 12.5. The van der Waals surface area contributed by atoms with Gasteiger partial charge in [0.15, 0.2) is 0 Å². The highest BCUT2D eigenvalue weighted by Gasteiger charge is 2.51. The lowest BCUT2D eigenvalue weighted by atomic mass is 9.88. The largest absolute Gasteiger partial charge is 0.479 e. The lowest BCUT2D eigenvalue weighted by Crippen LogP contribution is -2.55. The molecule has 0 radical (unpaired) electrons. The molecular weight excluding hydrogens is 362 g/mol. The molecule has 126 valence electrons. The van der Waals surface area contributed by atoms with Crippen LogP contribution in [-0.2, 0) is 16.0 Å². The number of carboxylic acid groups (broad SMARTS) is 1. The number of rotatable bonds is 3. The van der Waals surface area contributed by atoms with Gasteiger partial charge in [0.25, 0.3) is 0 Å². The summed E-state index contributed by atoms with van der Waals surface area (Å²) in [7, 11) is 0. The molecule has 1 atom stereocenters. The molecule has 0 saturated carbocycles. The van der Waals surface area contributed by atoms with Gasteiger partial charge in [0.05, 0.1) is 0 Å². The lowest BCUT2D eigenvalue weighted by molar-refractivity contribution is -0.149. The molecule has 1 aromatic carbocycles. The van der Waals surface area contributed by atoms with E-state index in [2.05, 4.69) is 15.9 Å². The van der Waals surface area contributed by atoms with Crippen LogP contribution in [0.2, 0.25) is 0 Å². The first-order valence-corrected chi connectivity index (χ1v) is 8.42. The Kier molecular flexibility index (Phi) is 5.04. The van der Waals surface area contributed by atoms with Crippen LogP contribution in [0.15, 0.2) is 28.7 Å². The van der Waals surface area contributed by atoms with E-state index >= 15 is 0 Å². The van der Waals surface area contributed by atoms with Crippen LogP contribution < -0.4 is 0 Å². The van der Waals surface area contributed by atoms with Crippen molar-refractivity contribution in [2.24, 2.45) is 0 Å². The van der Waals surface area contributed by atoms with Crippen LogP contribution in [0.25, 0.3) is 0 Å². The van der Waals surface area contributed by atoms with Gasteiger partial charge >= 0.3 is 12.1 Å². The molecule has 1 N–H and O–H groups in total. The minimum absolute atomic E-state index is 0.265. The highest BCUT2D eigenvalue weighted by Crippen LogP contribution is 2.35. The van der Waals surface area contributed by atoms with Crippen molar-refractivity contribution in [3.8, 4) is 0 Å². The van der Waals surface area contributed by atoms with Gasteiger partial charge in [0, 0.05) is 17.4 Å². The van der Waals surface area contributed by atoms with Crippen molar-refractivity contribution in [3.63, 3.8) is 0 Å². The smallest absolute Gasteiger partial charge is 0.411 e. The predicted molar refractivity (Wildman–Crippen MR) is 90.4 cm³/mol. The normalized spacial score (nSPS) is 21.3. The molecule has 0 spiro atoms. The molecule has 23 heavy (non-hydrogen) atoms. The summed E-state index contributed by atoms with van der Waals surface area (Å²) in [6, 6.07) is 7.51. The molecule has 2 rings (SSSR count). The van der Waals surface area contributed by atoms with E-state index in [0.29, 0.717) is 19.4 Å². The second-order valence-corrected chi connectivity index (χ2v) is 7.79. The minimum atomic E-state index is -1.25. The number of halogens is 1. The van der Waals surface area contributed by atoms with Gasteiger partial charge in [-0.1, -0.05) is 28.1 Å². The van der Waals surface area contributed by atoms with Gasteiger partial charge in [-0.05, 0) is 51.3 Å². The van der Waals surface area contributed by atoms with Gasteiger partial charge in [-0.25, -0.2) is 9.59 Å². The molecule has 1 saturated heterocycles. The number of hydrogen-bond donors (Lipinski definition) is 1. The molecule has 1 fully saturated rings. The van der Waals surface area contributed by atoms with E-state index in [4.69, 9.17) is 4.74 Å². The van der Waals surface area contributed by atoms with E-state index in [-0.39, 0.29) is 6.42 Å². The standard InChI is InChI=1S/C17H22BrNO4/c1-16(2,3)23-15(22)19-9-5-8-17(19,14(20)21)11-12-6-4-7-13(18)10-12/h4,6-7,10H,5,8-9,11H2,1-3H3,(H,20,21). The molecule has 1 aromatic rings. The monoisotopic (exact) mass is 383 g/mol. The van der Waals surface area contributed by atoms with Crippen LogP contribution in [0.5, 0.6) is 0 Å². The quantitative estimate of drug-likeness (QED) is 0.860. The van der Waals surface area contributed by atoms with Crippen molar-refractivity contribution in [1.29, 1.82) is 0 Å². The first kappa shape index (κ1) is 17.8. The summed E-state index contributed by atoms with van der Waals surface area (Å²) in [4.78, 5) is 25.9. The number of benzene rings is 1. The number of carboxylic acids is 1. The fraction of sp³-hybridized carbons (Fsp3) is 0.529. The van der Waals surface area contributed by atoms with Crippen LogP contribution >= 0.6 is 15.9 Å². The van der Waals surface area contributed by atoms with Crippen LogP contribution in [0.3, 0.4) is 0 Å². The Labute approximate surface area is 144 Å². The van der Waals surface area contributed by atoms with E-state index in [0.717, 1.165) is 10.0 Å². The fourth-order valence-electron chi connectivity index (χ4n) is 2.93. The third kappa shape index (κ3) is 4.05. The number of amides is 1.